The lowest BCUT2D eigenvalue weighted by molar-refractivity contribution is -0.149. The van der Waals surface area contributed by atoms with E-state index in [4.69, 9.17) is 14.2 Å². The molecule has 0 amide bonds. The van der Waals surface area contributed by atoms with Gasteiger partial charge in [-0.2, -0.15) is 0 Å². The highest BCUT2D eigenvalue weighted by atomic mass is 16.7. The Balaban J connectivity index is 4.13. The largest absolute Gasteiger partial charge is 0.466 e. The number of esters is 1. The highest BCUT2D eigenvalue weighted by molar-refractivity contribution is 5.89. The van der Waals surface area contributed by atoms with Crippen molar-refractivity contribution in [1.29, 1.82) is 0 Å². The molecule has 0 bridgehead atoms. The van der Waals surface area contributed by atoms with Gasteiger partial charge in [0.25, 0.3) is 0 Å². The van der Waals surface area contributed by atoms with Crippen LogP contribution in [0.15, 0.2) is 12.7 Å². The number of hydrogen-bond acceptors (Lipinski definition) is 5. The van der Waals surface area contributed by atoms with Gasteiger partial charge in [-0.25, -0.2) is 0 Å². The molecule has 1 atom stereocenters. The van der Waals surface area contributed by atoms with Crippen molar-refractivity contribution < 1.29 is 23.8 Å². The van der Waals surface area contributed by atoms with Gasteiger partial charge in [0, 0.05) is 13.5 Å². The molecule has 0 N–H and O–H groups in total. The summed E-state index contributed by atoms with van der Waals surface area (Å²) in [5.74, 6) is -0.564. The van der Waals surface area contributed by atoms with Crippen molar-refractivity contribution in [2.75, 3.05) is 20.5 Å². The summed E-state index contributed by atoms with van der Waals surface area (Å²) in [5.41, 5.74) is 0. The Bertz CT molecular complexity index is 237. The maximum Gasteiger partial charge on any atom is 0.308 e. The molecule has 0 saturated heterocycles. The zero-order valence-electron chi connectivity index (χ0n) is 9.73. The third kappa shape index (κ3) is 7.14. The van der Waals surface area contributed by atoms with Gasteiger partial charge in [0.2, 0.25) is 0 Å². The van der Waals surface area contributed by atoms with Crippen LogP contribution in [0.5, 0.6) is 0 Å². The van der Waals surface area contributed by atoms with Crippen molar-refractivity contribution in [3.05, 3.63) is 12.7 Å². The number of ketones is 1. The molecule has 0 aromatic heterocycles. The van der Waals surface area contributed by atoms with E-state index in [0.717, 1.165) is 0 Å². The molecule has 0 unspecified atom stereocenters. The minimum absolute atomic E-state index is 0.0362. The fraction of sp³-hybridized carbons (Fsp3) is 0.636. The van der Waals surface area contributed by atoms with Crippen molar-refractivity contribution in [3.63, 3.8) is 0 Å². The van der Waals surface area contributed by atoms with Crippen LogP contribution in [0.1, 0.15) is 19.8 Å². The molecule has 0 aliphatic rings. The Morgan fingerprint density at radius 3 is 2.56 bits per heavy atom. The van der Waals surface area contributed by atoms with Crippen LogP contribution in [-0.4, -0.2) is 38.4 Å². The van der Waals surface area contributed by atoms with E-state index in [0.29, 0.717) is 6.61 Å². The van der Waals surface area contributed by atoms with Crippen LogP contribution in [0, 0.1) is 0 Å². The molecule has 5 heteroatoms. The van der Waals surface area contributed by atoms with E-state index in [2.05, 4.69) is 6.58 Å². The first kappa shape index (κ1) is 14.8. The van der Waals surface area contributed by atoms with Crippen molar-refractivity contribution in [3.8, 4) is 0 Å². The van der Waals surface area contributed by atoms with Crippen LogP contribution in [0.2, 0.25) is 0 Å². The first-order valence-electron chi connectivity index (χ1n) is 5.05. The van der Waals surface area contributed by atoms with Crippen LogP contribution >= 0.6 is 0 Å². The smallest absolute Gasteiger partial charge is 0.308 e. The summed E-state index contributed by atoms with van der Waals surface area (Å²) in [5, 5.41) is 0. The van der Waals surface area contributed by atoms with Crippen LogP contribution in [0.4, 0.5) is 0 Å². The average molecular weight is 230 g/mol. The van der Waals surface area contributed by atoms with Gasteiger partial charge in [-0.3, -0.25) is 9.59 Å². The third-order valence-electron chi connectivity index (χ3n) is 1.78. The quantitative estimate of drug-likeness (QED) is 0.337. The summed E-state index contributed by atoms with van der Waals surface area (Å²) in [4.78, 5) is 22.3. The molecular weight excluding hydrogens is 212 g/mol. The van der Waals surface area contributed by atoms with Gasteiger partial charge in [0.05, 0.1) is 19.1 Å². The molecule has 16 heavy (non-hydrogen) atoms. The van der Waals surface area contributed by atoms with E-state index < -0.39 is 6.10 Å². The monoisotopic (exact) mass is 230 g/mol. The summed E-state index contributed by atoms with van der Waals surface area (Å²) < 4.78 is 14.7. The van der Waals surface area contributed by atoms with E-state index in [1.807, 2.05) is 0 Å². The molecule has 0 fully saturated rings. The molecule has 0 radical (unpaired) electrons. The van der Waals surface area contributed by atoms with Gasteiger partial charge in [-0.15, -0.1) is 0 Å². The third-order valence-corrected chi connectivity index (χ3v) is 1.78. The predicted octanol–water partition coefficient (Wildman–Crippen LogP) is 1.07. The molecule has 92 valence electrons. The first-order chi connectivity index (χ1) is 7.63. The average Bonchev–Trinajstić information content (AvgIpc) is 2.26. The lowest BCUT2D eigenvalue weighted by atomic mass is 10.1. The second-order valence-corrected chi connectivity index (χ2v) is 3.08. The fourth-order valence-corrected chi connectivity index (χ4v) is 1.07. The van der Waals surface area contributed by atoms with Crippen LogP contribution in [-0.2, 0) is 23.8 Å². The number of allylic oxidation sites excluding steroid dienone is 1. The van der Waals surface area contributed by atoms with E-state index in [1.54, 1.807) is 6.92 Å². The second kappa shape index (κ2) is 9.06. The summed E-state index contributed by atoms with van der Waals surface area (Å²) in [6.07, 6.45) is 0.820. The van der Waals surface area contributed by atoms with Gasteiger partial charge in [-0.1, -0.05) is 6.58 Å². The molecule has 0 spiro atoms. The molecule has 0 heterocycles. The first-order valence-corrected chi connectivity index (χ1v) is 5.05. The Hall–Kier alpha value is -1.20. The normalized spacial score (nSPS) is 11.9. The van der Waals surface area contributed by atoms with Gasteiger partial charge in [0.1, 0.15) is 6.79 Å². The maximum absolute atomic E-state index is 11.2. The molecule has 0 aliphatic heterocycles. The summed E-state index contributed by atoms with van der Waals surface area (Å²) >= 11 is 0. The van der Waals surface area contributed by atoms with Gasteiger partial charge in [0.15, 0.2) is 5.78 Å². The number of carbonyl (C=O) groups excluding carboxylic acids is 2. The zero-order valence-corrected chi connectivity index (χ0v) is 9.73. The molecule has 0 aromatic carbocycles. The fourth-order valence-electron chi connectivity index (χ4n) is 1.07. The number of ether oxygens (including phenoxy) is 3. The lowest BCUT2D eigenvalue weighted by Crippen LogP contribution is -2.23. The lowest BCUT2D eigenvalue weighted by Gasteiger charge is -2.14. The van der Waals surface area contributed by atoms with E-state index >= 15 is 0 Å². The van der Waals surface area contributed by atoms with Crippen molar-refractivity contribution in [1.82, 2.24) is 0 Å². The predicted molar refractivity (Wildman–Crippen MR) is 57.8 cm³/mol. The second-order valence-electron chi connectivity index (χ2n) is 3.08. The molecular formula is C11H18O5. The molecule has 5 nitrogen and oxygen atoms in total. The molecule has 0 saturated carbocycles. The Morgan fingerprint density at radius 2 is 2.06 bits per heavy atom. The summed E-state index contributed by atoms with van der Waals surface area (Å²) in [7, 11) is 1.47. The minimum Gasteiger partial charge on any atom is -0.466 e. The summed E-state index contributed by atoms with van der Waals surface area (Å²) in [6.45, 7) is 5.42. The summed E-state index contributed by atoms with van der Waals surface area (Å²) in [6, 6.07) is 0. The van der Waals surface area contributed by atoms with E-state index in [1.165, 1.54) is 13.2 Å². The van der Waals surface area contributed by atoms with Crippen molar-refractivity contribution >= 4 is 11.8 Å². The SMILES string of the molecule is C=CC(=O)C[C@H](CC(=O)OCC)OCOC. The maximum atomic E-state index is 11.2. The number of hydrogen-bond donors (Lipinski definition) is 0. The standard InChI is InChI=1S/C11H18O5/c1-4-9(12)6-10(16-8-14-3)7-11(13)15-5-2/h4,10H,1,5-8H2,2-3H3/t10-/m1/s1. The van der Waals surface area contributed by atoms with Gasteiger partial charge in [-0.05, 0) is 13.0 Å². The Labute approximate surface area is 95.4 Å². The number of rotatable bonds is 9. The molecule has 0 aromatic rings. The van der Waals surface area contributed by atoms with E-state index in [-0.39, 0.29) is 31.4 Å². The number of carbonyl (C=O) groups is 2. The van der Waals surface area contributed by atoms with Gasteiger partial charge >= 0.3 is 5.97 Å². The minimum atomic E-state index is -0.524. The topological polar surface area (TPSA) is 61.8 Å². The van der Waals surface area contributed by atoms with Crippen LogP contribution < -0.4 is 0 Å². The Morgan fingerprint density at radius 1 is 1.38 bits per heavy atom. The van der Waals surface area contributed by atoms with Crippen molar-refractivity contribution in [2.45, 2.75) is 25.9 Å². The van der Waals surface area contributed by atoms with Gasteiger partial charge < -0.3 is 14.2 Å². The number of methoxy groups -OCH3 is 1. The molecule has 0 aliphatic carbocycles. The highest BCUT2D eigenvalue weighted by Crippen LogP contribution is 2.07. The molecule has 0 rings (SSSR count). The van der Waals surface area contributed by atoms with Crippen molar-refractivity contribution in [2.24, 2.45) is 0 Å². The van der Waals surface area contributed by atoms with Crippen LogP contribution in [0.25, 0.3) is 0 Å². The Kier molecular flexibility index (Phi) is 8.38. The van der Waals surface area contributed by atoms with E-state index in [9.17, 15) is 9.59 Å². The zero-order chi connectivity index (χ0) is 12.4. The van der Waals surface area contributed by atoms with Crippen LogP contribution in [0.3, 0.4) is 0 Å². The highest BCUT2D eigenvalue weighted by Gasteiger charge is 2.17.